The van der Waals surface area contributed by atoms with Crippen molar-refractivity contribution < 1.29 is 14.3 Å². The second-order valence-electron chi connectivity index (χ2n) is 6.23. The molecule has 27 heavy (non-hydrogen) atoms. The largest absolute Gasteiger partial charge is 0.497 e. The number of pyridine rings is 1. The molecule has 7 nitrogen and oxygen atoms in total. The third kappa shape index (κ3) is 2.99. The van der Waals surface area contributed by atoms with Gasteiger partial charge in [0.15, 0.2) is 5.41 Å². The number of carbonyl (C=O) groups excluding carboxylic acids is 1. The zero-order valence-corrected chi connectivity index (χ0v) is 14.9. The minimum atomic E-state index is -1.52. The number of rotatable bonds is 4. The lowest BCUT2D eigenvalue weighted by Crippen LogP contribution is -2.37. The van der Waals surface area contributed by atoms with Crippen LogP contribution >= 0.6 is 0 Å². The van der Waals surface area contributed by atoms with Crippen LogP contribution < -0.4 is 10.1 Å². The van der Waals surface area contributed by atoms with Crippen LogP contribution in [-0.4, -0.2) is 31.2 Å². The number of aromatic nitrogens is 1. The quantitative estimate of drug-likeness (QED) is 0.830. The number of nitrogens with zero attached hydrogens (tertiary/aromatic N) is 3. The lowest BCUT2D eigenvalue weighted by Gasteiger charge is -2.27. The second-order valence-corrected chi connectivity index (χ2v) is 6.23. The van der Waals surface area contributed by atoms with Crippen LogP contribution in [0.2, 0.25) is 0 Å². The molecule has 7 heteroatoms. The molecular weight excluding hydrogens is 344 g/mol. The van der Waals surface area contributed by atoms with Crippen molar-refractivity contribution >= 4 is 5.97 Å². The molecule has 2 heterocycles. The zero-order valence-electron chi connectivity index (χ0n) is 14.9. The molecule has 0 bridgehead atoms. The summed E-state index contributed by atoms with van der Waals surface area (Å²) in [7, 11) is 2.84. The third-order valence-corrected chi connectivity index (χ3v) is 4.94. The molecule has 0 saturated carbocycles. The molecule has 3 rings (SSSR count). The van der Waals surface area contributed by atoms with Crippen molar-refractivity contribution in [2.24, 2.45) is 5.41 Å². The Hall–Kier alpha value is -3.42. The van der Waals surface area contributed by atoms with E-state index in [0.717, 1.165) is 0 Å². The lowest BCUT2D eigenvalue weighted by molar-refractivity contribution is -0.143. The first-order valence-corrected chi connectivity index (χ1v) is 8.31. The molecule has 1 aliphatic rings. The average Bonchev–Trinajstić information content (AvgIpc) is 3.09. The van der Waals surface area contributed by atoms with Gasteiger partial charge in [0.25, 0.3) is 0 Å². The molecule has 1 saturated heterocycles. The van der Waals surface area contributed by atoms with Crippen LogP contribution in [0.1, 0.15) is 23.1 Å². The van der Waals surface area contributed by atoms with Crippen molar-refractivity contribution in [1.29, 1.82) is 10.5 Å². The monoisotopic (exact) mass is 362 g/mol. The minimum absolute atomic E-state index is 0.530. The number of ether oxygens (including phenoxy) is 2. The van der Waals surface area contributed by atoms with Gasteiger partial charge in [-0.3, -0.25) is 15.1 Å². The Kier molecular flexibility index (Phi) is 5.07. The van der Waals surface area contributed by atoms with E-state index in [9.17, 15) is 15.3 Å². The maximum atomic E-state index is 12.5. The molecule has 3 atom stereocenters. The van der Waals surface area contributed by atoms with Gasteiger partial charge < -0.3 is 9.47 Å². The van der Waals surface area contributed by atoms with Gasteiger partial charge in [-0.2, -0.15) is 10.5 Å². The fourth-order valence-electron chi connectivity index (χ4n) is 3.65. The van der Waals surface area contributed by atoms with E-state index in [1.54, 1.807) is 55.9 Å². The summed E-state index contributed by atoms with van der Waals surface area (Å²) in [4.78, 5) is 16.6. The van der Waals surface area contributed by atoms with Gasteiger partial charge in [0.2, 0.25) is 0 Å². The Labute approximate surface area is 157 Å². The molecule has 1 aromatic heterocycles. The fourth-order valence-corrected chi connectivity index (χ4v) is 3.65. The summed E-state index contributed by atoms with van der Waals surface area (Å²) in [5.41, 5.74) is -0.185. The van der Waals surface area contributed by atoms with Crippen molar-refractivity contribution in [2.75, 3.05) is 14.2 Å². The van der Waals surface area contributed by atoms with E-state index in [1.165, 1.54) is 7.11 Å². The topological polar surface area (TPSA) is 108 Å². The van der Waals surface area contributed by atoms with Crippen molar-refractivity contribution in [3.63, 3.8) is 0 Å². The SMILES string of the molecule is COC(=O)[C@@H]1N[C@@H](c2cccnc2)C(C#N)(C#N)[C@H]1c1ccc(OC)cc1. The molecule has 1 N–H and O–H groups in total. The van der Waals surface area contributed by atoms with Crippen molar-refractivity contribution in [1.82, 2.24) is 10.3 Å². The van der Waals surface area contributed by atoms with Gasteiger partial charge in [0, 0.05) is 18.3 Å². The highest BCUT2D eigenvalue weighted by atomic mass is 16.5. The number of nitriles is 2. The number of nitrogens with one attached hydrogen (secondary N) is 1. The van der Waals surface area contributed by atoms with E-state index in [-0.39, 0.29) is 0 Å². The summed E-state index contributed by atoms with van der Waals surface area (Å²) in [5.74, 6) is -0.615. The van der Waals surface area contributed by atoms with Crippen LogP contribution in [0.25, 0.3) is 0 Å². The summed E-state index contributed by atoms with van der Waals surface area (Å²) >= 11 is 0. The minimum Gasteiger partial charge on any atom is -0.497 e. The van der Waals surface area contributed by atoms with Gasteiger partial charge in [-0.25, -0.2) is 0 Å². The predicted molar refractivity (Wildman–Crippen MR) is 95.3 cm³/mol. The van der Waals surface area contributed by atoms with Crippen molar-refractivity contribution in [3.05, 3.63) is 59.9 Å². The first-order valence-electron chi connectivity index (χ1n) is 8.31. The first kappa shape index (κ1) is 18.4. The molecule has 0 amide bonds. The number of hydrogen-bond donors (Lipinski definition) is 1. The van der Waals surface area contributed by atoms with E-state index in [2.05, 4.69) is 22.4 Å². The van der Waals surface area contributed by atoms with Crippen LogP contribution in [0.3, 0.4) is 0 Å². The van der Waals surface area contributed by atoms with Crippen molar-refractivity contribution in [3.8, 4) is 17.9 Å². The smallest absolute Gasteiger partial charge is 0.323 e. The second kappa shape index (κ2) is 7.45. The highest BCUT2D eigenvalue weighted by molar-refractivity contribution is 5.79. The Bertz CT molecular complexity index is 886. The fraction of sp³-hybridized carbons (Fsp3) is 0.300. The Morgan fingerprint density at radius 2 is 1.85 bits per heavy atom. The van der Waals surface area contributed by atoms with Gasteiger partial charge in [-0.15, -0.1) is 0 Å². The molecule has 136 valence electrons. The third-order valence-electron chi connectivity index (χ3n) is 4.94. The molecule has 1 fully saturated rings. The molecule has 0 spiro atoms. The zero-order chi connectivity index (χ0) is 19.4. The predicted octanol–water partition coefficient (Wildman–Crippen LogP) is 2.09. The maximum Gasteiger partial charge on any atom is 0.323 e. The van der Waals surface area contributed by atoms with Crippen LogP contribution in [0.4, 0.5) is 0 Å². The van der Waals surface area contributed by atoms with Crippen LogP contribution in [-0.2, 0) is 9.53 Å². The van der Waals surface area contributed by atoms with E-state index in [1.807, 2.05) is 0 Å². The highest BCUT2D eigenvalue weighted by Gasteiger charge is 2.60. The molecule has 2 aromatic rings. The number of methoxy groups -OCH3 is 2. The van der Waals surface area contributed by atoms with Crippen molar-refractivity contribution in [2.45, 2.75) is 18.0 Å². The number of hydrogen-bond acceptors (Lipinski definition) is 7. The summed E-state index contributed by atoms with van der Waals surface area (Å²) in [6.07, 6.45) is 3.20. The Balaban J connectivity index is 2.17. The van der Waals surface area contributed by atoms with Crippen LogP contribution in [0.5, 0.6) is 5.75 Å². The maximum absolute atomic E-state index is 12.5. The summed E-state index contributed by atoms with van der Waals surface area (Å²) < 4.78 is 10.1. The van der Waals surface area contributed by atoms with E-state index >= 15 is 0 Å². The highest BCUT2D eigenvalue weighted by Crippen LogP contribution is 2.52. The van der Waals surface area contributed by atoms with Gasteiger partial charge in [0.1, 0.15) is 11.8 Å². The van der Waals surface area contributed by atoms with Gasteiger partial charge >= 0.3 is 5.97 Å². The average molecular weight is 362 g/mol. The van der Waals surface area contributed by atoms with Gasteiger partial charge in [-0.05, 0) is 29.3 Å². The molecule has 1 aliphatic heterocycles. The molecule has 0 unspecified atom stereocenters. The van der Waals surface area contributed by atoms with Gasteiger partial charge in [0.05, 0.1) is 32.4 Å². The van der Waals surface area contributed by atoms with E-state index in [4.69, 9.17) is 9.47 Å². The summed E-state index contributed by atoms with van der Waals surface area (Å²) in [5, 5.41) is 23.2. The summed E-state index contributed by atoms with van der Waals surface area (Å²) in [6.45, 7) is 0. The standard InChI is InChI=1S/C20H18N4O3/c1-26-15-7-5-13(6-8-15)16-17(19(25)27-2)24-18(20(16,11-21)12-22)14-4-3-9-23-10-14/h3-10,16-18,24H,1-2H3/t16-,17+,18-/m0/s1. The first-order chi connectivity index (χ1) is 13.1. The van der Waals surface area contributed by atoms with Gasteiger partial charge in [-0.1, -0.05) is 18.2 Å². The molecule has 0 aliphatic carbocycles. The van der Waals surface area contributed by atoms with Crippen LogP contribution in [0, 0.1) is 28.1 Å². The van der Waals surface area contributed by atoms with E-state index in [0.29, 0.717) is 16.9 Å². The number of carbonyl (C=O) groups is 1. The lowest BCUT2D eigenvalue weighted by atomic mass is 9.69. The molecular formula is C20H18N4O3. The number of benzene rings is 1. The molecule has 1 aromatic carbocycles. The van der Waals surface area contributed by atoms with Crippen LogP contribution in [0.15, 0.2) is 48.8 Å². The normalized spacial score (nSPS) is 23.0. The number of esters is 1. The summed E-state index contributed by atoms with van der Waals surface area (Å²) in [6, 6.07) is 13.3. The van der Waals surface area contributed by atoms with E-state index < -0.39 is 29.4 Å². The Morgan fingerprint density at radius 1 is 1.15 bits per heavy atom. The Morgan fingerprint density at radius 3 is 2.37 bits per heavy atom. The molecule has 0 radical (unpaired) electrons.